The number of hydrogen-bond donors (Lipinski definition) is 1. The molecule has 1 N–H and O–H groups in total. The number of anilines is 1. The van der Waals surface area contributed by atoms with E-state index in [4.69, 9.17) is 0 Å². The van der Waals surface area contributed by atoms with E-state index in [9.17, 15) is 0 Å². The van der Waals surface area contributed by atoms with E-state index in [0.29, 0.717) is 0 Å². The molecule has 0 amide bonds. The van der Waals surface area contributed by atoms with E-state index in [1.54, 1.807) is 0 Å². The molecule has 3 heterocycles. The van der Waals surface area contributed by atoms with Crippen molar-refractivity contribution in [3.05, 3.63) is 11.5 Å². The fraction of sp³-hybridized carbons (Fsp3) is 0.688. The Morgan fingerprint density at radius 2 is 2.09 bits per heavy atom. The minimum Gasteiger partial charge on any atom is -0.368 e. The maximum atomic E-state index is 4.58. The normalized spacial score (nSPS) is 19.7. The summed E-state index contributed by atoms with van der Waals surface area (Å²) in [4.78, 5) is 11.6. The van der Waals surface area contributed by atoms with E-state index in [1.807, 2.05) is 25.6 Å². The molecule has 2 aromatic heterocycles. The Labute approximate surface area is 131 Å². The van der Waals surface area contributed by atoms with Gasteiger partial charge in [-0.05, 0) is 39.2 Å². The molecule has 1 aliphatic rings. The lowest BCUT2D eigenvalue weighted by molar-refractivity contribution is 0.190. The molecule has 3 rings (SSSR count). The number of hydrogen-bond acceptors (Lipinski definition) is 5. The molecule has 0 aliphatic carbocycles. The quantitative estimate of drug-likeness (QED) is 0.937. The van der Waals surface area contributed by atoms with E-state index >= 15 is 0 Å². The van der Waals surface area contributed by atoms with Crippen LogP contribution in [-0.2, 0) is 7.05 Å². The summed E-state index contributed by atoms with van der Waals surface area (Å²) < 4.78 is 1.83. The van der Waals surface area contributed by atoms with Crippen molar-refractivity contribution in [1.29, 1.82) is 0 Å². The van der Waals surface area contributed by atoms with Crippen LogP contribution in [-0.4, -0.2) is 50.8 Å². The molecule has 0 spiro atoms. The third-order valence-corrected chi connectivity index (χ3v) is 4.43. The van der Waals surface area contributed by atoms with Crippen LogP contribution in [0.5, 0.6) is 0 Å². The number of rotatable bonds is 4. The molecular weight excluding hydrogens is 276 g/mol. The predicted octanol–water partition coefficient (Wildman–Crippen LogP) is 2.12. The van der Waals surface area contributed by atoms with Crippen LogP contribution in [0.1, 0.15) is 31.3 Å². The number of aryl methyl sites for hydroxylation is 3. The molecule has 0 bridgehead atoms. The second kappa shape index (κ2) is 6.20. The summed E-state index contributed by atoms with van der Waals surface area (Å²) >= 11 is 0. The molecule has 6 heteroatoms. The zero-order valence-corrected chi connectivity index (χ0v) is 14.1. The molecule has 1 fully saturated rings. The highest BCUT2D eigenvalue weighted by Gasteiger charge is 2.17. The van der Waals surface area contributed by atoms with Gasteiger partial charge in [0.2, 0.25) is 0 Å². The second-order valence-corrected chi connectivity index (χ2v) is 6.50. The molecule has 0 radical (unpaired) electrons. The van der Waals surface area contributed by atoms with Crippen molar-refractivity contribution < 1.29 is 0 Å². The Balaban J connectivity index is 1.71. The molecule has 2 aromatic rings. The summed E-state index contributed by atoms with van der Waals surface area (Å²) in [5.74, 6) is 2.52. The van der Waals surface area contributed by atoms with Crippen LogP contribution in [0.15, 0.2) is 0 Å². The number of piperidine rings is 1. The first-order chi connectivity index (χ1) is 10.5. The van der Waals surface area contributed by atoms with Gasteiger partial charge in [0.15, 0.2) is 5.65 Å². The molecule has 120 valence electrons. The summed E-state index contributed by atoms with van der Waals surface area (Å²) in [6, 6.07) is 0. The third-order valence-electron chi connectivity index (χ3n) is 4.43. The van der Waals surface area contributed by atoms with Gasteiger partial charge in [-0.2, -0.15) is 5.10 Å². The third kappa shape index (κ3) is 3.06. The Hall–Kier alpha value is -1.69. The van der Waals surface area contributed by atoms with Gasteiger partial charge in [0.1, 0.15) is 11.6 Å². The summed E-state index contributed by atoms with van der Waals surface area (Å²) in [5, 5.41) is 9.00. The summed E-state index contributed by atoms with van der Waals surface area (Å²) in [6.45, 7) is 10.7. The maximum Gasteiger partial charge on any atom is 0.163 e. The van der Waals surface area contributed by atoms with Gasteiger partial charge in [0, 0.05) is 26.7 Å². The van der Waals surface area contributed by atoms with E-state index in [0.717, 1.165) is 47.4 Å². The van der Waals surface area contributed by atoms with Gasteiger partial charge in [-0.1, -0.05) is 6.92 Å². The number of nitrogens with zero attached hydrogens (tertiary/aromatic N) is 5. The standard InChI is InChI=1S/C16H26N6/c1-11-6-5-8-22(10-11)9-7-17-15-14-12(2)20-21(4)16(14)19-13(3)18-15/h11H,5-10H2,1-4H3,(H,17,18,19). The minimum absolute atomic E-state index is 0.782. The Morgan fingerprint density at radius 3 is 2.86 bits per heavy atom. The van der Waals surface area contributed by atoms with Crippen LogP contribution < -0.4 is 5.32 Å². The van der Waals surface area contributed by atoms with Crippen LogP contribution in [0.3, 0.4) is 0 Å². The Bertz CT molecular complexity index is 662. The van der Waals surface area contributed by atoms with Crippen LogP contribution in [0.25, 0.3) is 11.0 Å². The fourth-order valence-corrected chi connectivity index (χ4v) is 3.40. The lowest BCUT2D eigenvalue weighted by atomic mass is 10.0. The molecule has 6 nitrogen and oxygen atoms in total. The first-order valence-electron chi connectivity index (χ1n) is 8.18. The number of likely N-dealkylation sites (tertiary alicyclic amines) is 1. The summed E-state index contributed by atoms with van der Waals surface area (Å²) in [6.07, 6.45) is 2.68. The number of fused-ring (bicyclic) bond motifs is 1. The molecule has 1 atom stereocenters. The second-order valence-electron chi connectivity index (χ2n) is 6.50. The minimum atomic E-state index is 0.782. The zero-order valence-electron chi connectivity index (χ0n) is 14.1. The largest absolute Gasteiger partial charge is 0.368 e. The van der Waals surface area contributed by atoms with Crippen molar-refractivity contribution in [3.63, 3.8) is 0 Å². The van der Waals surface area contributed by atoms with Gasteiger partial charge in [-0.15, -0.1) is 0 Å². The monoisotopic (exact) mass is 302 g/mol. The highest BCUT2D eigenvalue weighted by Crippen LogP contribution is 2.23. The summed E-state index contributed by atoms with van der Waals surface area (Å²) in [7, 11) is 1.93. The molecule has 22 heavy (non-hydrogen) atoms. The van der Waals surface area contributed by atoms with Gasteiger partial charge in [-0.3, -0.25) is 4.68 Å². The average Bonchev–Trinajstić information content (AvgIpc) is 2.74. The van der Waals surface area contributed by atoms with Crippen molar-refractivity contribution in [2.24, 2.45) is 13.0 Å². The van der Waals surface area contributed by atoms with Crippen LogP contribution in [0, 0.1) is 19.8 Å². The van der Waals surface area contributed by atoms with Crippen molar-refractivity contribution in [2.75, 3.05) is 31.5 Å². The Kier molecular flexibility index (Phi) is 4.29. The van der Waals surface area contributed by atoms with Crippen LogP contribution >= 0.6 is 0 Å². The smallest absolute Gasteiger partial charge is 0.163 e. The van der Waals surface area contributed by atoms with E-state index < -0.39 is 0 Å². The highest BCUT2D eigenvalue weighted by atomic mass is 15.3. The number of aromatic nitrogens is 4. The lowest BCUT2D eigenvalue weighted by Gasteiger charge is -2.30. The number of nitrogens with one attached hydrogen (secondary N) is 1. The van der Waals surface area contributed by atoms with E-state index in [2.05, 4.69) is 32.2 Å². The highest BCUT2D eigenvalue weighted by molar-refractivity contribution is 5.89. The fourth-order valence-electron chi connectivity index (χ4n) is 3.40. The molecule has 0 aromatic carbocycles. The first-order valence-corrected chi connectivity index (χ1v) is 8.18. The van der Waals surface area contributed by atoms with Crippen molar-refractivity contribution in [3.8, 4) is 0 Å². The molecule has 1 saturated heterocycles. The van der Waals surface area contributed by atoms with Crippen molar-refractivity contribution in [1.82, 2.24) is 24.6 Å². The van der Waals surface area contributed by atoms with Crippen LogP contribution in [0.4, 0.5) is 5.82 Å². The molecule has 0 saturated carbocycles. The van der Waals surface area contributed by atoms with Gasteiger partial charge < -0.3 is 10.2 Å². The van der Waals surface area contributed by atoms with Crippen molar-refractivity contribution in [2.45, 2.75) is 33.6 Å². The molecular formula is C16H26N6. The predicted molar refractivity (Wildman–Crippen MR) is 89.1 cm³/mol. The van der Waals surface area contributed by atoms with Gasteiger partial charge in [0.25, 0.3) is 0 Å². The molecule has 1 aliphatic heterocycles. The van der Waals surface area contributed by atoms with Crippen molar-refractivity contribution >= 4 is 16.9 Å². The topological polar surface area (TPSA) is 58.9 Å². The average molecular weight is 302 g/mol. The Morgan fingerprint density at radius 1 is 1.27 bits per heavy atom. The summed E-state index contributed by atoms with van der Waals surface area (Å²) in [5.41, 5.74) is 1.88. The van der Waals surface area contributed by atoms with Gasteiger partial charge >= 0.3 is 0 Å². The zero-order chi connectivity index (χ0) is 15.7. The maximum absolute atomic E-state index is 4.58. The van der Waals surface area contributed by atoms with Gasteiger partial charge in [0.05, 0.1) is 11.1 Å². The lowest BCUT2D eigenvalue weighted by Crippen LogP contribution is -2.37. The van der Waals surface area contributed by atoms with Gasteiger partial charge in [-0.25, -0.2) is 9.97 Å². The van der Waals surface area contributed by atoms with E-state index in [-0.39, 0.29) is 0 Å². The van der Waals surface area contributed by atoms with Crippen LogP contribution in [0.2, 0.25) is 0 Å². The first kappa shape index (κ1) is 15.2. The SMILES string of the molecule is Cc1nc(NCCN2CCCC(C)C2)c2c(C)nn(C)c2n1. The van der Waals surface area contributed by atoms with E-state index in [1.165, 1.54) is 25.9 Å². The molecule has 1 unspecified atom stereocenters.